The van der Waals surface area contributed by atoms with Crippen molar-refractivity contribution in [1.82, 2.24) is 0 Å². The molecule has 0 unspecified atom stereocenters. The highest BCUT2D eigenvalue weighted by molar-refractivity contribution is 4.50. The number of hydrogen-bond acceptors (Lipinski definition) is 1. The van der Waals surface area contributed by atoms with Gasteiger partial charge in [0.2, 0.25) is 0 Å². The van der Waals surface area contributed by atoms with Crippen LogP contribution in [0.3, 0.4) is 0 Å². The van der Waals surface area contributed by atoms with E-state index >= 15 is 0 Å². The molecule has 132 valence electrons. The van der Waals surface area contributed by atoms with Crippen LogP contribution in [0, 0.1) is 13.8 Å². The number of ether oxygens (including phenoxy) is 1. The molecule has 0 aliphatic rings. The van der Waals surface area contributed by atoms with Crippen molar-refractivity contribution in [3.8, 4) is 0 Å². The van der Waals surface area contributed by atoms with E-state index < -0.39 is 0 Å². The van der Waals surface area contributed by atoms with Crippen LogP contribution in [0.25, 0.3) is 0 Å². The highest BCUT2D eigenvalue weighted by atomic mass is 16.5. The largest absolute Gasteiger partial charge is 0.381 e. The zero-order valence-corrected chi connectivity index (χ0v) is 15.3. The van der Waals surface area contributed by atoms with Gasteiger partial charge in [-0.05, 0) is 12.8 Å². The molecule has 0 aliphatic heterocycles. The summed E-state index contributed by atoms with van der Waals surface area (Å²) in [6, 6.07) is 0. The summed E-state index contributed by atoms with van der Waals surface area (Å²) in [4.78, 5) is 0. The minimum absolute atomic E-state index is 0.902. The Morgan fingerprint density at radius 3 is 1.09 bits per heavy atom. The zero-order chi connectivity index (χ0) is 16.1. The van der Waals surface area contributed by atoms with Gasteiger partial charge in [-0.25, -0.2) is 0 Å². The lowest BCUT2D eigenvalue weighted by molar-refractivity contribution is 0.128. The molecule has 22 heavy (non-hydrogen) atoms. The van der Waals surface area contributed by atoms with E-state index in [1.165, 1.54) is 89.9 Å². The summed E-state index contributed by atoms with van der Waals surface area (Å²) in [5.74, 6) is 0. The maximum absolute atomic E-state index is 5.54. The first-order chi connectivity index (χ1) is 10.9. The minimum Gasteiger partial charge on any atom is -0.381 e. The lowest BCUT2D eigenvalue weighted by Gasteiger charge is -2.04. The van der Waals surface area contributed by atoms with Gasteiger partial charge >= 0.3 is 0 Å². The van der Waals surface area contributed by atoms with Crippen LogP contribution in [-0.4, -0.2) is 13.2 Å². The molecule has 0 saturated carbocycles. The summed E-state index contributed by atoms with van der Waals surface area (Å²) >= 11 is 0. The van der Waals surface area contributed by atoms with Gasteiger partial charge in [-0.3, -0.25) is 0 Å². The lowest BCUT2D eigenvalue weighted by atomic mass is 10.0. The van der Waals surface area contributed by atoms with E-state index in [9.17, 15) is 0 Å². The van der Waals surface area contributed by atoms with Gasteiger partial charge in [0.25, 0.3) is 0 Å². The molecule has 0 aromatic heterocycles. The van der Waals surface area contributed by atoms with E-state index in [1.54, 1.807) is 0 Å². The zero-order valence-electron chi connectivity index (χ0n) is 15.3. The number of unbranched alkanes of at least 4 members (excludes halogenated alkanes) is 15. The standard InChI is InChI=1S/C21H42O/c1-3-5-7-8-9-10-11-12-13-14-15-16-17-18-19-21-22-20-6-4-2/h1-21H2. The minimum atomic E-state index is 0.902. The summed E-state index contributed by atoms with van der Waals surface area (Å²) in [5, 5.41) is 0. The van der Waals surface area contributed by atoms with Crippen LogP contribution < -0.4 is 0 Å². The Balaban J connectivity index is 2.91. The van der Waals surface area contributed by atoms with E-state index in [-0.39, 0.29) is 0 Å². The van der Waals surface area contributed by atoms with Crippen molar-refractivity contribution in [2.45, 2.75) is 109 Å². The third-order valence-corrected chi connectivity index (χ3v) is 4.33. The second-order valence-electron chi connectivity index (χ2n) is 6.62. The molecule has 1 heteroatoms. The molecule has 0 heterocycles. The Kier molecular flexibility index (Phi) is 20.9. The molecule has 0 spiro atoms. The van der Waals surface area contributed by atoms with Crippen molar-refractivity contribution in [2.24, 2.45) is 0 Å². The lowest BCUT2D eigenvalue weighted by Crippen LogP contribution is -1.96. The Bertz CT molecular complexity index is 159. The van der Waals surface area contributed by atoms with Crippen molar-refractivity contribution in [2.75, 3.05) is 13.2 Å². The fourth-order valence-electron chi connectivity index (χ4n) is 2.81. The van der Waals surface area contributed by atoms with Gasteiger partial charge in [-0.2, -0.15) is 0 Å². The van der Waals surface area contributed by atoms with Crippen LogP contribution in [0.5, 0.6) is 0 Å². The predicted molar refractivity (Wildman–Crippen MR) is 100 cm³/mol. The van der Waals surface area contributed by atoms with Crippen molar-refractivity contribution in [1.29, 1.82) is 0 Å². The van der Waals surface area contributed by atoms with Crippen molar-refractivity contribution >= 4 is 0 Å². The first kappa shape index (κ1) is 22.0. The maximum atomic E-state index is 5.54. The highest BCUT2D eigenvalue weighted by Crippen LogP contribution is 2.13. The average molecular weight is 311 g/mol. The van der Waals surface area contributed by atoms with E-state index in [1.807, 2.05) is 0 Å². The van der Waals surface area contributed by atoms with Crippen LogP contribution in [-0.2, 0) is 4.74 Å². The van der Waals surface area contributed by atoms with Gasteiger partial charge in [0, 0.05) is 13.2 Å². The van der Waals surface area contributed by atoms with E-state index in [4.69, 9.17) is 4.74 Å². The van der Waals surface area contributed by atoms with Gasteiger partial charge in [0.05, 0.1) is 0 Å². The second-order valence-corrected chi connectivity index (χ2v) is 6.62. The molecule has 0 atom stereocenters. The Labute approximate surface area is 141 Å². The third kappa shape index (κ3) is 20.0. The monoisotopic (exact) mass is 310 g/mol. The molecule has 2 radical (unpaired) electrons. The summed E-state index contributed by atoms with van der Waals surface area (Å²) in [6.07, 6.45) is 22.9. The van der Waals surface area contributed by atoms with E-state index in [0.717, 1.165) is 32.5 Å². The third-order valence-electron chi connectivity index (χ3n) is 4.33. The summed E-state index contributed by atoms with van der Waals surface area (Å²) in [6.45, 7) is 9.56. The number of hydrogen-bond donors (Lipinski definition) is 0. The quantitative estimate of drug-likeness (QED) is 0.227. The molecule has 0 bridgehead atoms. The molecule has 0 fully saturated rings. The smallest absolute Gasteiger partial charge is 0.0466 e. The highest BCUT2D eigenvalue weighted by Gasteiger charge is 1.94. The molecular formula is C21H42O. The first-order valence-corrected chi connectivity index (χ1v) is 10.1. The van der Waals surface area contributed by atoms with Crippen LogP contribution >= 0.6 is 0 Å². The van der Waals surface area contributed by atoms with E-state index in [2.05, 4.69) is 13.8 Å². The van der Waals surface area contributed by atoms with Gasteiger partial charge in [-0.15, -0.1) is 0 Å². The molecule has 0 aliphatic carbocycles. The topological polar surface area (TPSA) is 9.23 Å². The summed E-state index contributed by atoms with van der Waals surface area (Å²) in [5.41, 5.74) is 0. The molecule has 0 aromatic carbocycles. The van der Waals surface area contributed by atoms with Gasteiger partial charge < -0.3 is 4.74 Å². The van der Waals surface area contributed by atoms with Gasteiger partial charge in [0.15, 0.2) is 0 Å². The molecule has 1 nitrogen and oxygen atoms in total. The summed E-state index contributed by atoms with van der Waals surface area (Å²) in [7, 11) is 0. The van der Waals surface area contributed by atoms with Crippen LogP contribution in [0.4, 0.5) is 0 Å². The van der Waals surface area contributed by atoms with Crippen molar-refractivity contribution in [3.05, 3.63) is 13.8 Å². The molecule has 0 amide bonds. The molecule has 0 aromatic rings. The Hall–Kier alpha value is -0.0400. The second kappa shape index (κ2) is 21.0. The molecular weight excluding hydrogens is 268 g/mol. The fraction of sp³-hybridized carbons (Fsp3) is 0.905. The first-order valence-electron chi connectivity index (χ1n) is 10.1. The number of rotatable bonds is 19. The van der Waals surface area contributed by atoms with E-state index in [0.29, 0.717) is 0 Å². The SMILES string of the molecule is [CH2]CCCCCCCCCCCCCCCCOCCC[CH2]. The molecule has 0 saturated heterocycles. The Morgan fingerprint density at radius 1 is 0.364 bits per heavy atom. The van der Waals surface area contributed by atoms with Gasteiger partial charge in [-0.1, -0.05) is 110 Å². The van der Waals surface area contributed by atoms with Crippen molar-refractivity contribution < 1.29 is 4.74 Å². The normalized spacial score (nSPS) is 11.2. The van der Waals surface area contributed by atoms with Gasteiger partial charge in [0.1, 0.15) is 0 Å². The van der Waals surface area contributed by atoms with Crippen LogP contribution in [0.1, 0.15) is 109 Å². The summed E-state index contributed by atoms with van der Waals surface area (Å²) < 4.78 is 5.54. The van der Waals surface area contributed by atoms with Crippen LogP contribution in [0.15, 0.2) is 0 Å². The fourth-order valence-corrected chi connectivity index (χ4v) is 2.81. The van der Waals surface area contributed by atoms with Crippen LogP contribution in [0.2, 0.25) is 0 Å². The Morgan fingerprint density at radius 2 is 0.682 bits per heavy atom. The maximum Gasteiger partial charge on any atom is 0.0466 e. The average Bonchev–Trinajstić information content (AvgIpc) is 2.54. The van der Waals surface area contributed by atoms with Crippen molar-refractivity contribution in [3.63, 3.8) is 0 Å². The predicted octanol–water partition coefficient (Wildman–Crippen LogP) is 7.30. The molecule has 0 rings (SSSR count). The molecule has 0 N–H and O–H groups in total.